The van der Waals surface area contributed by atoms with Gasteiger partial charge in [-0.25, -0.2) is 0 Å². The van der Waals surface area contributed by atoms with Crippen molar-refractivity contribution in [3.8, 4) is 5.75 Å². The van der Waals surface area contributed by atoms with Crippen molar-refractivity contribution in [2.45, 2.75) is 38.2 Å². The minimum atomic E-state index is -0.831. The molecule has 2 aliphatic rings. The molecule has 2 N–H and O–H groups in total. The second-order valence-corrected chi connectivity index (χ2v) is 6.68. The smallest absolute Gasteiger partial charge is 0.251 e. The van der Waals surface area contributed by atoms with Gasteiger partial charge in [-0.3, -0.25) is 4.79 Å². The molecule has 1 unspecified atom stereocenters. The van der Waals surface area contributed by atoms with E-state index >= 15 is 0 Å². The Hall–Kier alpha value is -1.75. The van der Waals surface area contributed by atoms with Crippen LogP contribution in [0.3, 0.4) is 0 Å². The van der Waals surface area contributed by atoms with Gasteiger partial charge in [0.05, 0.1) is 0 Å². The predicted molar refractivity (Wildman–Crippen MR) is 89.5 cm³/mol. The number of benzene rings is 1. The van der Waals surface area contributed by atoms with Gasteiger partial charge in [-0.2, -0.15) is 0 Å². The number of nitrogens with zero attached hydrogens (tertiary/aromatic N) is 2. The van der Waals surface area contributed by atoms with Crippen LogP contribution in [0.15, 0.2) is 24.3 Å². The highest BCUT2D eigenvalue weighted by atomic mass is 16.3. The number of phenols is 1. The van der Waals surface area contributed by atoms with Crippen molar-refractivity contribution in [2.75, 3.05) is 31.1 Å². The van der Waals surface area contributed by atoms with Gasteiger partial charge in [0, 0.05) is 37.9 Å². The number of hydrogen-bond acceptors (Lipinski definition) is 4. The fourth-order valence-corrected chi connectivity index (χ4v) is 3.71. The second-order valence-electron chi connectivity index (χ2n) is 6.68. The van der Waals surface area contributed by atoms with Crippen LogP contribution in [0.5, 0.6) is 5.75 Å². The van der Waals surface area contributed by atoms with Crippen LogP contribution < -0.4 is 4.90 Å². The number of amides is 1. The molecular weight excluding hydrogens is 292 g/mol. The van der Waals surface area contributed by atoms with E-state index in [0.717, 1.165) is 44.5 Å². The van der Waals surface area contributed by atoms with Gasteiger partial charge in [0.25, 0.3) is 5.91 Å². The summed E-state index contributed by atoms with van der Waals surface area (Å²) in [6.45, 7) is 2.70. The van der Waals surface area contributed by atoms with Gasteiger partial charge in [-0.15, -0.1) is 0 Å². The number of aromatic hydroxyl groups is 1. The van der Waals surface area contributed by atoms with Crippen molar-refractivity contribution in [2.24, 2.45) is 5.92 Å². The van der Waals surface area contributed by atoms with E-state index in [9.17, 15) is 15.0 Å². The molecule has 1 saturated heterocycles. The Kier molecular flexibility index (Phi) is 5.06. The molecule has 5 nitrogen and oxygen atoms in total. The molecule has 126 valence electrons. The van der Waals surface area contributed by atoms with E-state index in [4.69, 9.17) is 0 Å². The van der Waals surface area contributed by atoms with Gasteiger partial charge in [-0.05, 0) is 30.9 Å². The third kappa shape index (κ3) is 3.78. The lowest BCUT2D eigenvalue weighted by atomic mass is 9.85. The van der Waals surface area contributed by atoms with E-state index in [1.54, 1.807) is 17.0 Å². The van der Waals surface area contributed by atoms with Crippen molar-refractivity contribution >= 4 is 11.6 Å². The molecule has 1 aliphatic heterocycles. The van der Waals surface area contributed by atoms with Crippen molar-refractivity contribution in [1.29, 1.82) is 0 Å². The maximum absolute atomic E-state index is 12.5. The summed E-state index contributed by atoms with van der Waals surface area (Å²) in [5, 5.41) is 20.0. The standard InChI is InChI=1S/C18H26N2O3/c21-16-8-4-7-15(13-16)19-9-11-20(12-10-19)18(23)17(22)14-5-2-1-3-6-14/h4,7-8,13-14,17,21-22H,1-3,5-6,9-12H2. The van der Waals surface area contributed by atoms with Gasteiger partial charge >= 0.3 is 0 Å². The Morgan fingerprint density at radius 1 is 1.09 bits per heavy atom. The molecule has 0 radical (unpaired) electrons. The van der Waals surface area contributed by atoms with Crippen LogP contribution in [0.4, 0.5) is 5.69 Å². The average Bonchev–Trinajstić information content (AvgIpc) is 2.61. The van der Waals surface area contributed by atoms with Crippen LogP contribution in [0.2, 0.25) is 0 Å². The first-order valence-electron chi connectivity index (χ1n) is 8.66. The minimum absolute atomic E-state index is 0.104. The molecule has 0 spiro atoms. The largest absolute Gasteiger partial charge is 0.508 e. The molecular formula is C18H26N2O3. The van der Waals surface area contributed by atoms with E-state index in [2.05, 4.69) is 4.90 Å². The number of aliphatic hydroxyl groups excluding tert-OH is 1. The minimum Gasteiger partial charge on any atom is -0.508 e. The summed E-state index contributed by atoms with van der Waals surface area (Å²) < 4.78 is 0. The highest BCUT2D eigenvalue weighted by Gasteiger charge is 2.32. The number of rotatable bonds is 3. The number of hydrogen-bond donors (Lipinski definition) is 2. The molecule has 1 heterocycles. The zero-order valence-electron chi connectivity index (χ0n) is 13.5. The molecule has 1 amide bonds. The van der Waals surface area contributed by atoms with Gasteiger partial charge in [0.15, 0.2) is 0 Å². The Morgan fingerprint density at radius 3 is 2.43 bits per heavy atom. The van der Waals surface area contributed by atoms with Gasteiger partial charge in [0.2, 0.25) is 0 Å². The number of piperazine rings is 1. The summed E-state index contributed by atoms with van der Waals surface area (Å²) in [6, 6.07) is 7.20. The second kappa shape index (κ2) is 7.21. The lowest BCUT2D eigenvalue weighted by Gasteiger charge is -2.38. The zero-order chi connectivity index (χ0) is 16.2. The fraction of sp³-hybridized carbons (Fsp3) is 0.611. The Bertz CT molecular complexity index is 535. The number of phenolic OH excluding ortho intramolecular Hbond substituents is 1. The lowest BCUT2D eigenvalue weighted by molar-refractivity contribution is -0.144. The normalized spacial score (nSPS) is 21.3. The molecule has 2 fully saturated rings. The summed E-state index contributed by atoms with van der Waals surface area (Å²) in [5.74, 6) is 0.293. The van der Waals surface area contributed by atoms with Crippen molar-refractivity contribution in [3.05, 3.63) is 24.3 Å². The third-order valence-corrected chi connectivity index (χ3v) is 5.14. The Labute approximate surface area is 137 Å². The summed E-state index contributed by atoms with van der Waals surface area (Å²) >= 11 is 0. The molecule has 23 heavy (non-hydrogen) atoms. The molecule has 0 bridgehead atoms. The van der Waals surface area contributed by atoms with E-state index in [-0.39, 0.29) is 17.6 Å². The Balaban J connectivity index is 1.54. The molecule has 0 aromatic heterocycles. The highest BCUT2D eigenvalue weighted by molar-refractivity contribution is 5.81. The number of carbonyl (C=O) groups is 1. The molecule has 1 aromatic rings. The van der Waals surface area contributed by atoms with E-state index in [1.807, 2.05) is 12.1 Å². The number of carbonyl (C=O) groups excluding carboxylic acids is 1. The maximum atomic E-state index is 12.5. The molecule has 3 rings (SSSR count). The first kappa shape index (κ1) is 16.1. The quantitative estimate of drug-likeness (QED) is 0.894. The van der Waals surface area contributed by atoms with E-state index < -0.39 is 6.10 Å². The molecule has 5 heteroatoms. The third-order valence-electron chi connectivity index (χ3n) is 5.14. The van der Waals surface area contributed by atoms with Crippen molar-refractivity contribution in [1.82, 2.24) is 4.90 Å². The summed E-state index contributed by atoms with van der Waals surface area (Å²) in [5.41, 5.74) is 0.977. The first-order valence-corrected chi connectivity index (χ1v) is 8.66. The fourth-order valence-electron chi connectivity index (χ4n) is 3.71. The van der Waals surface area contributed by atoms with Crippen LogP contribution in [-0.4, -0.2) is 53.3 Å². The summed E-state index contributed by atoms with van der Waals surface area (Å²) in [6.07, 6.45) is 4.58. The van der Waals surface area contributed by atoms with Crippen LogP contribution in [0, 0.1) is 5.92 Å². The molecule has 1 aliphatic carbocycles. The Morgan fingerprint density at radius 2 is 1.78 bits per heavy atom. The summed E-state index contributed by atoms with van der Waals surface area (Å²) in [7, 11) is 0. The van der Waals surface area contributed by atoms with Gasteiger partial charge < -0.3 is 20.0 Å². The predicted octanol–water partition coefficient (Wildman–Crippen LogP) is 1.98. The summed E-state index contributed by atoms with van der Waals surface area (Å²) in [4.78, 5) is 16.5. The van der Waals surface area contributed by atoms with E-state index in [1.165, 1.54) is 6.42 Å². The average molecular weight is 318 g/mol. The first-order chi connectivity index (χ1) is 11.1. The monoisotopic (exact) mass is 318 g/mol. The van der Waals surface area contributed by atoms with Crippen molar-refractivity contribution < 1.29 is 15.0 Å². The maximum Gasteiger partial charge on any atom is 0.251 e. The molecule has 1 atom stereocenters. The van der Waals surface area contributed by atoms with Crippen LogP contribution in [0.1, 0.15) is 32.1 Å². The highest BCUT2D eigenvalue weighted by Crippen LogP contribution is 2.28. The SMILES string of the molecule is O=C(C(O)C1CCCCC1)N1CCN(c2cccc(O)c2)CC1. The van der Waals surface area contributed by atoms with Crippen LogP contribution >= 0.6 is 0 Å². The zero-order valence-corrected chi connectivity index (χ0v) is 13.5. The van der Waals surface area contributed by atoms with E-state index in [0.29, 0.717) is 13.1 Å². The van der Waals surface area contributed by atoms with Crippen molar-refractivity contribution in [3.63, 3.8) is 0 Å². The topological polar surface area (TPSA) is 64.0 Å². The molecule has 1 saturated carbocycles. The van der Waals surface area contributed by atoms with Crippen LogP contribution in [-0.2, 0) is 4.79 Å². The molecule has 1 aromatic carbocycles. The van der Waals surface area contributed by atoms with Crippen LogP contribution in [0.25, 0.3) is 0 Å². The van der Waals surface area contributed by atoms with Gasteiger partial charge in [-0.1, -0.05) is 25.3 Å². The number of anilines is 1. The van der Waals surface area contributed by atoms with Gasteiger partial charge in [0.1, 0.15) is 11.9 Å². The number of aliphatic hydroxyl groups is 1. The lowest BCUT2D eigenvalue weighted by Crippen LogP contribution is -2.52.